The van der Waals surface area contributed by atoms with E-state index in [0.29, 0.717) is 22.3 Å². The summed E-state index contributed by atoms with van der Waals surface area (Å²) in [4.78, 5) is 0. The largest absolute Gasteiger partial charge is 0.212 e. The van der Waals surface area contributed by atoms with Gasteiger partial charge < -0.3 is 0 Å². The Morgan fingerprint density at radius 3 is 2.26 bits per heavy atom. The van der Waals surface area contributed by atoms with Crippen LogP contribution in [0, 0.1) is 18.2 Å². The zero-order chi connectivity index (χ0) is 28.3. The van der Waals surface area contributed by atoms with Gasteiger partial charge in [-0.2, -0.15) is 0 Å². The van der Waals surface area contributed by atoms with Gasteiger partial charge in [0.15, 0.2) is 6.20 Å². The van der Waals surface area contributed by atoms with E-state index >= 15 is 4.39 Å². The predicted molar refractivity (Wildman–Crippen MR) is 142 cm³/mol. The van der Waals surface area contributed by atoms with Crippen molar-refractivity contribution in [1.29, 1.82) is 0 Å². The molecule has 2 heteroatoms. The molecule has 0 aliphatic heterocycles. The van der Waals surface area contributed by atoms with E-state index in [-0.39, 0.29) is 5.82 Å². The Kier molecular flexibility index (Phi) is 3.80. The van der Waals surface area contributed by atoms with Crippen LogP contribution in [-0.2, 0) is 25.2 Å². The fourth-order valence-electron chi connectivity index (χ4n) is 6.17. The van der Waals surface area contributed by atoms with Crippen LogP contribution in [0.3, 0.4) is 0 Å². The first-order valence-corrected chi connectivity index (χ1v) is 12.2. The van der Waals surface area contributed by atoms with Gasteiger partial charge in [-0.25, -0.2) is 8.96 Å². The van der Waals surface area contributed by atoms with Crippen LogP contribution in [0.5, 0.6) is 0 Å². The van der Waals surface area contributed by atoms with Crippen molar-refractivity contribution < 1.29 is 14.4 Å². The minimum atomic E-state index is -1.92. The van der Waals surface area contributed by atoms with Gasteiger partial charge in [0.1, 0.15) is 12.9 Å². The number of nitrogens with zero attached hydrogens (tertiary/aromatic N) is 1. The van der Waals surface area contributed by atoms with E-state index in [1.165, 1.54) is 6.07 Å². The van der Waals surface area contributed by atoms with Gasteiger partial charge in [0.05, 0.1) is 5.56 Å². The maximum Gasteiger partial charge on any atom is 0.212 e. The third-order valence-corrected chi connectivity index (χ3v) is 7.62. The molecule has 0 fully saturated rings. The minimum Gasteiger partial charge on any atom is -0.206 e. The molecule has 1 nitrogen and oxygen atoms in total. The van der Waals surface area contributed by atoms with E-state index in [9.17, 15) is 0 Å². The molecular weight excluding hydrogens is 429 g/mol. The van der Waals surface area contributed by atoms with Crippen molar-refractivity contribution in [2.24, 2.45) is 12.5 Å². The van der Waals surface area contributed by atoms with Gasteiger partial charge in [0.25, 0.3) is 0 Å². The first kappa shape index (κ1) is 18.1. The summed E-state index contributed by atoms with van der Waals surface area (Å²) in [6.45, 7) is 9.64. The molecule has 0 atom stereocenters. The third kappa shape index (κ3) is 3.22. The zero-order valence-corrected chi connectivity index (χ0v) is 21.2. The second-order valence-electron chi connectivity index (χ2n) is 11.0. The van der Waals surface area contributed by atoms with Crippen molar-refractivity contribution in [1.82, 2.24) is 0 Å². The highest BCUT2D eigenvalue weighted by molar-refractivity contribution is 5.93. The highest BCUT2D eigenvalue weighted by Gasteiger charge is 2.42. The molecule has 4 aromatic rings. The van der Waals surface area contributed by atoms with Crippen molar-refractivity contribution in [3.8, 4) is 33.5 Å². The molecule has 0 N–H and O–H groups in total. The van der Waals surface area contributed by atoms with E-state index in [2.05, 4.69) is 43.5 Å². The topological polar surface area (TPSA) is 3.88 Å². The molecule has 0 radical (unpaired) electrons. The first-order chi connectivity index (χ1) is 18.1. The van der Waals surface area contributed by atoms with E-state index in [1.54, 1.807) is 32.0 Å². The molecule has 0 unspecified atom stereocenters. The Morgan fingerprint density at radius 2 is 1.51 bits per heavy atom. The third-order valence-electron chi connectivity index (χ3n) is 7.62. The molecule has 6 rings (SSSR count). The lowest BCUT2D eigenvalue weighted by atomic mass is 9.75. The molecule has 0 amide bonds. The summed E-state index contributed by atoms with van der Waals surface area (Å²) >= 11 is 0. The molecule has 35 heavy (non-hydrogen) atoms. The lowest BCUT2D eigenvalue weighted by molar-refractivity contribution is -0.660. The van der Waals surface area contributed by atoms with Gasteiger partial charge in [-0.3, -0.25) is 0 Å². The fraction of sp³-hybridized carbons (Fsp3) is 0.303. The molecule has 1 aromatic heterocycles. The molecule has 0 spiro atoms. The van der Waals surface area contributed by atoms with Crippen molar-refractivity contribution in [2.45, 2.75) is 52.8 Å². The monoisotopic (exact) mass is 466 g/mol. The van der Waals surface area contributed by atoms with E-state index < -0.39 is 23.6 Å². The van der Waals surface area contributed by atoms with Crippen molar-refractivity contribution in [3.05, 3.63) is 100 Å². The summed E-state index contributed by atoms with van der Waals surface area (Å²) in [5.74, 6) is -0.362. The van der Waals surface area contributed by atoms with Crippen LogP contribution < -0.4 is 4.57 Å². The smallest absolute Gasteiger partial charge is 0.206 e. The second kappa shape index (κ2) is 7.37. The number of benzene rings is 3. The van der Waals surface area contributed by atoms with Crippen LogP contribution in [0.2, 0.25) is 0 Å². The van der Waals surface area contributed by atoms with Gasteiger partial charge in [-0.05, 0) is 81.7 Å². The average molecular weight is 467 g/mol. The average Bonchev–Trinajstić information content (AvgIpc) is 3.15. The van der Waals surface area contributed by atoms with Gasteiger partial charge >= 0.3 is 0 Å². The van der Waals surface area contributed by atoms with Gasteiger partial charge in [0, 0.05) is 28.6 Å². The number of pyridine rings is 1. The van der Waals surface area contributed by atoms with Crippen LogP contribution in [0.4, 0.5) is 4.39 Å². The molecule has 0 saturated carbocycles. The summed E-state index contributed by atoms with van der Waals surface area (Å²) in [5, 5.41) is 0. The predicted octanol–water partition coefficient (Wildman–Crippen LogP) is 7.72. The van der Waals surface area contributed by atoms with Crippen LogP contribution >= 0.6 is 0 Å². The molecule has 0 bridgehead atoms. The number of hydrogen-bond donors (Lipinski definition) is 0. The Morgan fingerprint density at radius 1 is 0.829 bits per heavy atom. The van der Waals surface area contributed by atoms with Crippen LogP contribution in [0.15, 0.2) is 66.9 Å². The number of halogens is 1. The van der Waals surface area contributed by atoms with Crippen molar-refractivity contribution in [2.75, 3.05) is 0 Å². The molecule has 3 aromatic carbocycles. The molecule has 2 aliphatic carbocycles. The molecular formula is C33H33FN+. The number of hydrogen-bond acceptors (Lipinski definition) is 0. The Labute approximate surface area is 213 Å². The van der Waals surface area contributed by atoms with Crippen molar-refractivity contribution >= 4 is 0 Å². The molecule has 1 heterocycles. The summed E-state index contributed by atoms with van der Waals surface area (Å²) in [6.07, 6.45) is -1.73. The van der Waals surface area contributed by atoms with E-state index in [0.717, 1.165) is 39.1 Å². The Hall–Kier alpha value is -3.26. The van der Waals surface area contributed by atoms with Crippen LogP contribution in [0.1, 0.15) is 61.0 Å². The maximum absolute atomic E-state index is 15.9. The number of aromatic nitrogens is 1. The fourth-order valence-corrected chi connectivity index (χ4v) is 6.17. The highest BCUT2D eigenvalue weighted by Crippen LogP contribution is 2.56. The number of fused-ring (bicyclic) bond motifs is 4. The van der Waals surface area contributed by atoms with Gasteiger partial charge in [-0.15, -0.1) is 0 Å². The quantitative estimate of drug-likeness (QED) is 0.266. The summed E-state index contributed by atoms with van der Waals surface area (Å²) in [5.41, 5.74) is 7.32. The Balaban J connectivity index is 1.63. The molecule has 176 valence electrons. The second-order valence-corrected chi connectivity index (χ2v) is 11.0. The normalized spacial score (nSPS) is 21.2. The van der Waals surface area contributed by atoms with Crippen molar-refractivity contribution in [3.63, 3.8) is 0 Å². The van der Waals surface area contributed by atoms with E-state index in [4.69, 9.17) is 5.48 Å². The number of aryl methyl sites for hydroxylation is 2. The summed E-state index contributed by atoms with van der Waals surface area (Å²) in [6, 6.07) is 18.9. The molecule has 2 aliphatic rings. The summed E-state index contributed by atoms with van der Waals surface area (Å²) in [7, 11) is 2.03. The van der Waals surface area contributed by atoms with E-state index in [1.807, 2.05) is 31.4 Å². The SMILES string of the molecule is [2H]C1([2H])c2ccc(-c3c(F)ccc4c3C(C)(C)c3c-4ccc(C)c3-c3cccc[n+]3C)cc2C([2H])([2H])C1(C)C. The van der Waals surface area contributed by atoms with Gasteiger partial charge in [-0.1, -0.05) is 64.1 Å². The first-order valence-electron chi connectivity index (χ1n) is 14.2. The van der Waals surface area contributed by atoms with Gasteiger partial charge in [0.2, 0.25) is 5.69 Å². The Bertz CT molecular complexity index is 1700. The standard InChI is InChI=1S/C33H33FN/c1-20-10-13-24-25-14-15-26(34)29(21-11-12-22-18-32(2,3)19-23(22)17-21)31(25)33(4,5)30(24)28(20)27-9-7-8-16-35(27)6/h7-17H,18-19H2,1-6H3/q+1/i18D2,19D2. The minimum absolute atomic E-state index is 0.299. The zero-order valence-electron chi connectivity index (χ0n) is 25.2. The molecule has 0 saturated heterocycles. The summed E-state index contributed by atoms with van der Waals surface area (Å²) < 4.78 is 53.2. The highest BCUT2D eigenvalue weighted by atomic mass is 19.1. The lowest BCUT2D eigenvalue weighted by Gasteiger charge is -2.27. The van der Waals surface area contributed by atoms with Crippen LogP contribution in [0.25, 0.3) is 33.5 Å². The maximum atomic E-state index is 15.9. The number of rotatable bonds is 2. The van der Waals surface area contributed by atoms with Crippen LogP contribution in [-0.4, -0.2) is 0 Å². The lowest BCUT2D eigenvalue weighted by Crippen LogP contribution is -2.31.